The maximum Gasteiger partial charge on any atom is 0.163 e. The standard InChI is InChI=1S/C14H16N2OS/c1-11(16-8-9-18-14(16)15-2)13(10-17)12-6-4-3-5-7-12/h3-7,10,17H,1,8-9H2,2H3/b13-10-,15-14-. The third-order valence-corrected chi connectivity index (χ3v) is 3.87. The van der Waals surface area contributed by atoms with Gasteiger partial charge in [0.1, 0.15) is 0 Å². The number of aliphatic imine (C=N–C) groups is 1. The van der Waals surface area contributed by atoms with Crippen molar-refractivity contribution in [3.63, 3.8) is 0 Å². The number of benzene rings is 1. The minimum absolute atomic E-state index is 0.735. The summed E-state index contributed by atoms with van der Waals surface area (Å²) in [5, 5.41) is 10.4. The highest BCUT2D eigenvalue weighted by Crippen LogP contribution is 2.29. The quantitative estimate of drug-likeness (QED) is 0.670. The Morgan fingerprint density at radius 3 is 2.78 bits per heavy atom. The van der Waals surface area contributed by atoms with E-state index in [1.54, 1.807) is 18.8 Å². The molecule has 3 nitrogen and oxygen atoms in total. The van der Waals surface area contributed by atoms with Crippen LogP contribution in [0.5, 0.6) is 0 Å². The van der Waals surface area contributed by atoms with Gasteiger partial charge in [0.15, 0.2) is 5.17 Å². The molecule has 0 aliphatic carbocycles. The minimum atomic E-state index is 0.735. The topological polar surface area (TPSA) is 35.8 Å². The van der Waals surface area contributed by atoms with Crippen LogP contribution in [0.4, 0.5) is 0 Å². The second-order valence-corrected chi connectivity index (χ2v) is 4.92. The SMILES string of the molecule is C=C(/C(=C/O)c1ccccc1)N1CCS/C1=N\C. The molecule has 1 fully saturated rings. The summed E-state index contributed by atoms with van der Waals surface area (Å²) in [4.78, 5) is 6.28. The van der Waals surface area contributed by atoms with Crippen LogP contribution in [-0.2, 0) is 0 Å². The number of hydrogen-bond acceptors (Lipinski definition) is 3. The lowest BCUT2D eigenvalue weighted by atomic mass is 10.0. The Hall–Kier alpha value is -1.68. The molecule has 1 aromatic rings. The minimum Gasteiger partial charge on any atom is -0.515 e. The summed E-state index contributed by atoms with van der Waals surface area (Å²) >= 11 is 1.71. The van der Waals surface area contributed by atoms with Crippen LogP contribution >= 0.6 is 11.8 Å². The average molecular weight is 260 g/mol. The smallest absolute Gasteiger partial charge is 0.163 e. The van der Waals surface area contributed by atoms with E-state index in [1.807, 2.05) is 35.2 Å². The van der Waals surface area contributed by atoms with Crippen molar-refractivity contribution in [2.75, 3.05) is 19.3 Å². The second kappa shape index (κ2) is 5.78. The fourth-order valence-corrected chi connectivity index (χ4v) is 2.86. The normalized spacial score (nSPS) is 18.4. The molecular formula is C14H16N2OS. The molecule has 4 heteroatoms. The van der Waals surface area contributed by atoms with Gasteiger partial charge < -0.3 is 10.0 Å². The van der Waals surface area contributed by atoms with Crippen molar-refractivity contribution in [1.82, 2.24) is 4.90 Å². The van der Waals surface area contributed by atoms with E-state index in [0.29, 0.717) is 0 Å². The Balaban J connectivity index is 2.27. The van der Waals surface area contributed by atoms with Crippen LogP contribution in [0, 0.1) is 0 Å². The van der Waals surface area contributed by atoms with E-state index < -0.39 is 0 Å². The lowest BCUT2D eigenvalue weighted by molar-refractivity contribution is 0.473. The number of hydrogen-bond donors (Lipinski definition) is 1. The van der Waals surface area contributed by atoms with Gasteiger partial charge in [-0.25, -0.2) is 0 Å². The Morgan fingerprint density at radius 2 is 2.17 bits per heavy atom. The third-order valence-electron chi connectivity index (χ3n) is 2.82. The first-order valence-corrected chi connectivity index (χ1v) is 6.72. The number of thioether (sulfide) groups is 1. The van der Waals surface area contributed by atoms with Crippen LogP contribution in [-0.4, -0.2) is 34.5 Å². The molecule has 18 heavy (non-hydrogen) atoms. The van der Waals surface area contributed by atoms with Gasteiger partial charge in [0, 0.05) is 30.6 Å². The number of rotatable bonds is 3. The molecule has 1 aromatic carbocycles. The van der Waals surface area contributed by atoms with Crippen LogP contribution < -0.4 is 0 Å². The number of allylic oxidation sites excluding steroid dienone is 1. The van der Waals surface area contributed by atoms with E-state index in [-0.39, 0.29) is 0 Å². The van der Waals surface area contributed by atoms with Gasteiger partial charge in [-0.3, -0.25) is 4.99 Å². The highest BCUT2D eigenvalue weighted by molar-refractivity contribution is 8.14. The third kappa shape index (κ3) is 2.43. The number of aliphatic hydroxyl groups excluding tert-OH is 1. The first-order chi connectivity index (χ1) is 8.77. The molecular weight excluding hydrogens is 244 g/mol. The molecule has 0 aromatic heterocycles. The van der Waals surface area contributed by atoms with E-state index >= 15 is 0 Å². The Kier molecular flexibility index (Phi) is 4.10. The summed E-state index contributed by atoms with van der Waals surface area (Å²) in [5.41, 5.74) is 2.48. The van der Waals surface area contributed by atoms with Gasteiger partial charge in [0.05, 0.1) is 6.26 Å². The Labute approximate surface area is 112 Å². The van der Waals surface area contributed by atoms with Gasteiger partial charge in [0.2, 0.25) is 0 Å². The predicted octanol–water partition coefficient (Wildman–Crippen LogP) is 3.13. The van der Waals surface area contributed by atoms with E-state index in [2.05, 4.69) is 11.6 Å². The fraction of sp³-hybridized carbons (Fsp3) is 0.214. The summed E-state index contributed by atoms with van der Waals surface area (Å²) in [6.07, 6.45) is 1.12. The molecule has 1 heterocycles. The zero-order chi connectivity index (χ0) is 13.0. The lowest BCUT2D eigenvalue weighted by Gasteiger charge is -2.22. The van der Waals surface area contributed by atoms with Crippen molar-refractivity contribution < 1.29 is 5.11 Å². The van der Waals surface area contributed by atoms with Crippen LogP contribution in [0.15, 0.2) is 53.9 Å². The van der Waals surface area contributed by atoms with Gasteiger partial charge in [-0.05, 0) is 5.56 Å². The number of aliphatic hydroxyl groups is 1. The molecule has 1 N–H and O–H groups in total. The van der Waals surface area contributed by atoms with Crippen LogP contribution in [0.1, 0.15) is 5.56 Å². The van der Waals surface area contributed by atoms with Crippen LogP contribution in [0.25, 0.3) is 5.57 Å². The molecule has 1 aliphatic rings. The molecule has 0 spiro atoms. The van der Waals surface area contributed by atoms with Gasteiger partial charge in [-0.2, -0.15) is 0 Å². The van der Waals surface area contributed by atoms with Gasteiger partial charge >= 0.3 is 0 Å². The van der Waals surface area contributed by atoms with Crippen molar-refractivity contribution >= 4 is 22.5 Å². The maximum atomic E-state index is 9.47. The molecule has 0 bridgehead atoms. The van der Waals surface area contributed by atoms with Crippen molar-refractivity contribution in [1.29, 1.82) is 0 Å². The van der Waals surface area contributed by atoms with Crippen LogP contribution in [0.2, 0.25) is 0 Å². The Bertz CT molecular complexity index is 494. The number of amidine groups is 1. The van der Waals surface area contributed by atoms with E-state index in [0.717, 1.165) is 40.6 Å². The summed E-state index contributed by atoms with van der Waals surface area (Å²) in [6.45, 7) is 4.96. The molecule has 0 saturated carbocycles. The average Bonchev–Trinajstić information content (AvgIpc) is 2.89. The van der Waals surface area contributed by atoms with Gasteiger partial charge in [-0.1, -0.05) is 48.7 Å². The highest BCUT2D eigenvalue weighted by Gasteiger charge is 2.23. The molecule has 0 unspecified atom stereocenters. The molecule has 1 aliphatic heterocycles. The van der Waals surface area contributed by atoms with Gasteiger partial charge in [-0.15, -0.1) is 0 Å². The van der Waals surface area contributed by atoms with E-state index in [1.165, 1.54) is 0 Å². The largest absolute Gasteiger partial charge is 0.515 e. The van der Waals surface area contributed by atoms with Crippen molar-refractivity contribution in [2.24, 2.45) is 4.99 Å². The summed E-state index contributed by atoms with van der Waals surface area (Å²) in [6, 6.07) is 9.75. The van der Waals surface area contributed by atoms with Crippen molar-refractivity contribution in [2.45, 2.75) is 0 Å². The van der Waals surface area contributed by atoms with Crippen molar-refractivity contribution in [3.8, 4) is 0 Å². The summed E-state index contributed by atoms with van der Waals surface area (Å²) in [7, 11) is 1.78. The van der Waals surface area contributed by atoms with Crippen LogP contribution in [0.3, 0.4) is 0 Å². The molecule has 2 rings (SSSR count). The second-order valence-electron chi connectivity index (χ2n) is 3.86. The molecule has 94 valence electrons. The predicted molar refractivity (Wildman–Crippen MR) is 78.7 cm³/mol. The molecule has 1 saturated heterocycles. The van der Waals surface area contributed by atoms with E-state index in [9.17, 15) is 5.11 Å². The molecule has 0 amide bonds. The summed E-state index contributed by atoms with van der Waals surface area (Å²) in [5.74, 6) is 0.999. The fourth-order valence-electron chi connectivity index (χ4n) is 1.92. The Morgan fingerprint density at radius 1 is 1.44 bits per heavy atom. The highest BCUT2D eigenvalue weighted by atomic mass is 32.2. The molecule has 0 atom stereocenters. The van der Waals surface area contributed by atoms with Crippen molar-refractivity contribution in [3.05, 3.63) is 54.4 Å². The first kappa shape index (κ1) is 12.8. The first-order valence-electron chi connectivity index (χ1n) is 5.74. The molecule has 0 radical (unpaired) electrons. The monoisotopic (exact) mass is 260 g/mol. The van der Waals surface area contributed by atoms with E-state index in [4.69, 9.17) is 0 Å². The van der Waals surface area contributed by atoms with Gasteiger partial charge in [0.25, 0.3) is 0 Å². The zero-order valence-electron chi connectivity index (χ0n) is 10.3. The maximum absolute atomic E-state index is 9.47. The lowest BCUT2D eigenvalue weighted by Crippen LogP contribution is -2.23. The zero-order valence-corrected chi connectivity index (χ0v) is 11.2. The number of nitrogens with zero attached hydrogens (tertiary/aromatic N) is 2. The summed E-state index contributed by atoms with van der Waals surface area (Å²) < 4.78 is 0.